The molecule has 370 valence electrons. The van der Waals surface area contributed by atoms with E-state index < -0.39 is 11.9 Å². The molecule has 6 rings (SSSR count). The third-order valence-electron chi connectivity index (χ3n) is 12.1. The van der Waals surface area contributed by atoms with Gasteiger partial charge in [0.15, 0.2) is 46.0 Å². The summed E-state index contributed by atoms with van der Waals surface area (Å²) in [7, 11) is 15.9. The summed E-state index contributed by atoms with van der Waals surface area (Å²) in [5.74, 6) is 1.33. The number of benzene rings is 4. The first kappa shape index (κ1) is 53.7. The van der Waals surface area contributed by atoms with Crippen LogP contribution in [0.25, 0.3) is 0 Å². The molecule has 4 aromatic carbocycles. The number of carbonyl (C=O) groups is 4. The Balaban J connectivity index is 0.000000265. The van der Waals surface area contributed by atoms with Crippen molar-refractivity contribution in [3.63, 3.8) is 0 Å². The minimum absolute atomic E-state index is 0.0456. The third-order valence-corrected chi connectivity index (χ3v) is 12.1. The Hall–Kier alpha value is -6.92. The molecule has 2 unspecified atom stereocenters. The van der Waals surface area contributed by atoms with Crippen LogP contribution in [0.5, 0.6) is 46.0 Å². The van der Waals surface area contributed by atoms with Crippen LogP contribution < -0.4 is 37.9 Å². The molecule has 2 aliphatic rings. The van der Waals surface area contributed by atoms with E-state index in [9.17, 15) is 9.59 Å². The van der Waals surface area contributed by atoms with E-state index >= 15 is 0 Å². The second-order valence-corrected chi connectivity index (χ2v) is 15.6. The molecule has 2 N–H and O–H groups in total. The average molecular weight is 949 g/mol. The van der Waals surface area contributed by atoms with Crippen molar-refractivity contribution in [1.29, 1.82) is 0 Å². The van der Waals surface area contributed by atoms with E-state index in [1.807, 2.05) is 74.5 Å². The Morgan fingerprint density at radius 1 is 0.471 bits per heavy atom. The van der Waals surface area contributed by atoms with Crippen LogP contribution >= 0.6 is 0 Å². The number of rotatable bonds is 16. The lowest BCUT2D eigenvalue weighted by Gasteiger charge is -2.40. The molecule has 0 aliphatic carbocycles. The number of methoxy groups -OCH3 is 10. The Morgan fingerprint density at radius 2 is 0.765 bits per heavy atom. The predicted molar refractivity (Wildman–Crippen MR) is 250 cm³/mol. The highest BCUT2D eigenvalue weighted by molar-refractivity contribution is 6.27. The summed E-state index contributed by atoms with van der Waals surface area (Å²) in [5.41, 5.74) is 6.77. The van der Waals surface area contributed by atoms with Crippen molar-refractivity contribution in [2.24, 2.45) is 0 Å². The van der Waals surface area contributed by atoms with Crippen LogP contribution in [0.1, 0.15) is 59.3 Å². The lowest BCUT2D eigenvalue weighted by Crippen LogP contribution is -2.46. The molecule has 4 aromatic rings. The fourth-order valence-corrected chi connectivity index (χ4v) is 8.55. The summed E-state index contributed by atoms with van der Waals surface area (Å²) in [4.78, 5) is 47.3. The van der Waals surface area contributed by atoms with Gasteiger partial charge >= 0.3 is 23.9 Å². The van der Waals surface area contributed by atoms with Crippen molar-refractivity contribution in [1.82, 2.24) is 9.80 Å². The Labute approximate surface area is 397 Å². The zero-order chi connectivity index (χ0) is 50.2. The van der Waals surface area contributed by atoms with Crippen molar-refractivity contribution < 1.29 is 76.8 Å². The number of carboxylic acid groups (broad SMARTS) is 2. The number of nitrogens with zero attached hydrogens (tertiary/aromatic N) is 2. The minimum atomic E-state index is -1.82. The van der Waals surface area contributed by atoms with Crippen LogP contribution in [0.4, 0.5) is 0 Å². The lowest BCUT2D eigenvalue weighted by molar-refractivity contribution is -0.159. The maximum absolute atomic E-state index is 12.4. The molecule has 18 nitrogen and oxygen atoms in total. The molecule has 4 atom stereocenters. The standard InChI is InChI=1S/2C24H31NO6.C2H2O4/c2*1-15(24(26)31-6)25-10-9-17-13-22(29-4)23(30-5)14-18(17)19(25)11-16-7-8-20(27-2)21(12-16)28-3;3-1(4)2(5)6/h2*7-8,12-15,19H,9-11H2,1-6H3;(H,3,4)(H,5,6)/t2*15?,19-;/m11./s1. The van der Waals surface area contributed by atoms with E-state index in [4.69, 9.17) is 67.2 Å². The van der Waals surface area contributed by atoms with Gasteiger partial charge in [-0.15, -0.1) is 0 Å². The van der Waals surface area contributed by atoms with Gasteiger partial charge in [0.25, 0.3) is 0 Å². The highest BCUT2D eigenvalue weighted by Gasteiger charge is 2.37. The molecule has 0 radical (unpaired) electrons. The normalized spacial score (nSPS) is 15.9. The van der Waals surface area contributed by atoms with Crippen LogP contribution in [0.15, 0.2) is 60.7 Å². The van der Waals surface area contributed by atoms with Crippen molar-refractivity contribution in [2.45, 2.75) is 63.7 Å². The second kappa shape index (κ2) is 25.3. The number of esters is 2. The minimum Gasteiger partial charge on any atom is -0.493 e. The van der Waals surface area contributed by atoms with Gasteiger partial charge in [0.05, 0.1) is 71.1 Å². The van der Waals surface area contributed by atoms with Gasteiger partial charge < -0.3 is 57.6 Å². The Kier molecular flexibility index (Phi) is 20.0. The van der Waals surface area contributed by atoms with E-state index in [0.717, 1.165) is 48.2 Å². The Bertz CT molecular complexity index is 2210. The number of aliphatic carboxylic acids is 2. The van der Waals surface area contributed by atoms with E-state index in [1.165, 1.54) is 25.3 Å². The maximum atomic E-state index is 12.4. The van der Waals surface area contributed by atoms with Crippen LogP contribution in [0, 0.1) is 0 Å². The Morgan fingerprint density at radius 3 is 1.04 bits per heavy atom. The van der Waals surface area contributed by atoms with Gasteiger partial charge in [-0.3, -0.25) is 19.4 Å². The molecule has 0 bridgehead atoms. The topological polar surface area (TPSA) is 208 Å². The molecule has 18 heteroatoms. The van der Waals surface area contributed by atoms with Crippen molar-refractivity contribution in [2.75, 3.05) is 84.2 Å². The first-order valence-corrected chi connectivity index (χ1v) is 21.6. The summed E-state index contributed by atoms with van der Waals surface area (Å²) >= 11 is 0. The summed E-state index contributed by atoms with van der Waals surface area (Å²) in [6.45, 7) is 5.24. The molecule has 0 spiro atoms. The summed E-state index contributed by atoms with van der Waals surface area (Å²) in [5, 5.41) is 14.8. The number of fused-ring (bicyclic) bond motifs is 2. The first-order chi connectivity index (χ1) is 32.6. The SMILES string of the molecule is COC(=O)C(C)N1CCc2cc(OC)c(OC)cc2[C@H]1Cc1ccc(OC)c(OC)c1.COC(=O)C(C)N1CCc2cc(OC)c(OC)cc2[C@H]1Cc1ccc(OC)c(OC)c1.O=C(O)C(=O)O. The molecule has 0 aromatic heterocycles. The van der Waals surface area contributed by atoms with Gasteiger partial charge in [0.2, 0.25) is 0 Å². The highest BCUT2D eigenvalue weighted by atomic mass is 16.5. The summed E-state index contributed by atoms with van der Waals surface area (Å²) in [6, 6.07) is 19.1. The van der Waals surface area contributed by atoms with Crippen molar-refractivity contribution >= 4 is 23.9 Å². The van der Waals surface area contributed by atoms with E-state index in [1.54, 1.807) is 56.9 Å². The second-order valence-electron chi connectivity index (χ2n) is 15.6. The third kappa shape index (κ3) is 12.7. The number of ether oxygens (including phenoxy) is 10. The van der Waals surface area contributed by atoms with Crippen LogP contribution in [0.3, 0.4) is 0 Å². The summed E-state index contributed by atoms with van der Waals surface area (Å²) < 4.78 is 53.9. The highest BCUT2D eigenvalue weighted by Crippen LogP contribution is 2.43. The van der Waals surface area contributed by atoms with Crippen LogP contribution in [-0.4, -0.2) is 140 Å². The zero-order valence-electron chi connectivity index (χ0n) is 40.8. The molecule has 68 heavy (non-hydrogen) atoms. The monoisotopic (exact) mass is 948 g/mol. The lowest BCUT2D eigenvalue weighted by atomic mass is 9.87. The summed E-state index contributed by atoms with van der Waals surface area (Å²) in [6.07, 6.45) is 2.98. The number of hydrogen-bond donors (Lipinski definition) is 2. The van der Waals surface area contributed by atoms with Crippen molar-refractivity contribution in [3.05, 3.63) is 94.0 Å². The zero-order valence-corrected chi connectivity index (χ0v) is 40.8. The van der Waals surface area contributed by atoms with Gasteiger partial charge in [-0.2, -0.15) is 0 Å². The fraction of sp³-hybridized carbons (Fsp3) is 0.440. The van der Waals surface area contributed by atoms with Gasteiger partial charge in [-0.25, -0.2) is 9.59 Å². The average Bonchev–Trinajstić information content (AvgIpc) is 3.37. The number of hydrogen-bond acceptors (Lipinski definition) is 16. The van der Waals surface area contributed by atoms with Crippen LogP contribution in [0.2, 0.25) is 0 Å². The molecule has 0 saturated heterocycles. The van der Waals surface area contributed by atoms with Gasteiger partial charge in [-0.05, 0) is 121 Å². The first-order valence-electron chi connectivity index (χ1n) is 21.6. The molecular weight excluding hydrogens is 885 g/mol. The predicted octanol–water partition coefficient (Wildman–Crippen LogP) is 6.00. The molecule has 2 aliphatic heterocycles. The molecule has 0 saturated carbocycles. The van der Waals surface area contributed by atoms with E-state index in [-0.39, 0.29) is 36.1 Å². The molecule has 2 heterocycles. The van der Waals surface area contributed by atoms with E-state index in [2.05, 4.69) is 9.80 Å². The van der Waals surface area contributed by atoms with Gasteiger partial charge in [0, 0.05) is 25.2 Å². The quantitative estimate of drug-likeness (QED) is 0.0975. The van der Waals surface area contributed by atoms with Gasteiger partial charge in [-0.1, -0.05) is 12.1 Å². The maximum Gasteiger partial charge on any atom is 0.414 e. The molecule has 0 amide bonds. The number of carbonyl (C=O) groups excluding carboxylic acids is 2. The number of carboxylic acids is 2. The van der Waals surface area contributed by atoms with Crippen LogP contribution in [-0.2, 0) is 54.3 Å². The van der Waals surface area contributed by atoms with Gasteiger partial charge in [0.1, 0.15) is 12.1 Å². The fourth-order valence-electron chi connectivity index (χ4n) is 8.55. The molecular formula is C50H64N2O16. The smallest absolute Gasteiger partial charge is 0.414 e. The van der Waals surface area contributed by atoms with E-state index in [0.29, 0.717) is 58.8 Å². The van der Waals surface area contributed by atoms with Crippen molar-refractivity contribution in [3.8, 4) is 46.0 Å². The largest absolute Gasteiger partial charge is 0.493 e. The molecule has 0 fully saturated rings.